The summed E-state index contributed by atoms with van der Waals surface area (Å²) in [6.45, 7) is 10.2. The monoisotopic (exact) mass is 248 g/mol. The molecule has 0 aromatic heterocycles. The van der Waals surface area contributed by atoms with Gasteiger partial charge in [0.2, 0.25) is 9.76 Å². The minimum atomic E-state index is 0.464. The summed E-state index contributed by atoms with van der Waals surface area (Å²) in [6.07, 6.45) is 1.87. The Morgan fingerprint density at radius 1 is 1.41 bits per heavy atom. The first-order chi connectivity index (χ1) is 8.27. The van der Waals surface area contributed by atoms with Crippen molar-refractivity contribution in [3.8, 4) is 0 Å². The van der Waals surface area contributed by atoms with Crippen LogP contribution < -0.4 is 0 Å². The van der Waals surface area contributed by atoms with E-state index in [0.717, 1.165) is 18.8 Å². The zero-order valence-corrected chi connectivity index (χ0v) is 11.6. The minimum Gasteiger partial charge on any atom is -0.413 e. The largest absolute Gasteiger partial charge is 0.413 e. The van der Waals surface area contributed by atoms with Gasteiger partial charge < -0.3 is 9.16 Å². The van der Waals surface area contributed by atoms with Crippen LogP contribution in [0.5, 0.6) is 0 Å². The van der Waals surface area contributed by atoms with Crippen LogP contribution in [0.4, 0.5) is 0 Å². The summed E-state index contributed by atoms with van der Waals surface area (Å²) < 4.78 is 11.1. The molecule has 0 saturated heterocycles. The lowest BCUT2D eigenvalue weighted by Gasteiger charge is -2.11. The maximum atomic E-state index is 5.72. The van der Waals surface area contributed by atoms with Gasteiger partial charge in [-0.3, -0.25) is 0 Å². The normalized spacial score (nSPS) is 12.4. The van der Waals surface area contributed by atoms with Gasteiger partial charge in [0.25, 0.3) is 0 Å². The van der Waals surface area contributed by atoms with Crippen molar-refractivity contribution >= 4 is 15.8 Å². The zero-order chi connectivity index (χ0) is 12.5. The van der Waals surface area contributed by atoms with E-state index in [0.29, 0.717) is 21.9 Å². The molecule has 2 radical (unpaired) electrons. The first-order valence-electron chi connectivity index (χ1n) is 5.93. The van der Waals surface area contributed by atoms with Crippen molar-refractivity contribution in [3.05, 3.63) is 42.0 Å². The smallest absolute Gasteiger partial charge is 0.235 e. The molecule has 1 aromatic carbocycles. The molecule has 0 aliphatic heterocycles. The van der Waals surface area contributed by atoms with E-state index in [9.17, 15) is 0 Å². The molecule has 1 unspecified atom stereocenters. The third-order valence-electron chi connectivity index (χ3n) is 2.36. The molecule has 1 aromatic rings. The highest BCUT2D eigenvalue weighted by molar-refractivity contribution is 6.29. The molecule has 1 atom stereocenters. The van der Waals surface area contributed by atoms with Crippen LogP contribution in [-0.4, -0.2) is 23.0 Å². The molecule has 0 amide bonds. The standard InChI is InChI=1S/C14H20O2Si/c1-4-13-8-6-7-9-14(13)11-16-17-12(3)10-15-5-2/h4,6-9,12H,1,5,10-11H2,2-3H3. The van der Waals surface area contributed by atoms with E-state index in [4.69, 9.17) is 9.16 Å². The molecular weight excluding hydrogens is 228 g/mol. The summed E-state index contributed by atoms with van der Waals surface area (Å²) >= 11 is 0. The predicted molar refractivity (Wildman–Crippen MR) is 73.0 cm³/mol. The molecule has 0 aliphatic rings. The fourth-order valence-corrected chi connectivity index (χ4v) is 2.16. The molecule has 0 heterocycles. The van der Waals surface area contributed by atoms with Crippen LogP contribution in [0.3, 0.4) is 0 Å². The van der Waals surface area contributed by atoms with Crippen LogP contribution in [-0.2, 0) is 15.8 Å². The van der Waals surface area contributed by atoms with Gasteiger partial charge in [-0.25, -0.2) is 0 Å². The fourth-order valence-electron chi connectivity index (χ4n) is 1.46. The quantitative estimate of drug-likeness (QED) is 0.657. The summed E-state index contributed by atoms with van der Waals surface area (Å²) in [5.74, 6) is 0. The van der Waals surface area contributed by atoms with Crippen LogP contribution in [0.15, 0.2) is 30.8 Å². The zero-order valence-electron chi connectivity index (χ0n) is 10.6. The van der Waals surface area contributed by atoms with Gasteiger partial charge in [0, 0.05) is 13.2 Å². The van der Waals surface area contributed by atoms with Gasteiger partial charge in [0.15, 0.2) is 0 Å². The highest BCUT2D eigenvalue weighted by Gasteiger charge is 2.06. The van der Waals surface area contributed by atoms with Crippen molar-refractivity contribution in [1.82, 2.24) is 0 Å². The van der Waals surface area contributed by atoms with E-state index < -0.39 is 0 Å². The van der Waals surface area contributed by atoms with Crippen molar-refractivity contribution in [1.29, 1.82) is 0 Å². The number of ether oxygens (including phenoxy) is 1. The van der Waals surface area contributed by atoms with Crippen molar-refractivity contribution in [2.45, 2.75) is 26.0 Å². The molecular formula is C14H20O2Si. The molecule has 0 aliphatic carbocycles. The van der Waals surface area contributed by atoms with E-state index in [1.807, 2.05) is 25.1 Å². The molecule has 2 nitrogen and oxygen atoms in total. The Kier molecular flexibility index (Phi) is 6.85. The van der Waals surface area contributed by atoms with Gasteiger partial charge in [-0.05, 0) is 23.6 Å². The van der Waals surface area contributed by atoms with E-state index in [-0.39, 0.29) is 0 Å². The molecule has 1 rings (SSSR count). The lowest BCUT2D eigenvalue weighted by molar-refractivity contribution is 0.144. The van der Waals surface area contributed by atoms with Gasteiger partial charge in [-0.15, -0.1) is 0 Å². The molecule has 0 fully saturated rings. The maximum absolute atomic E-state index is 5.72. The van der Waals surface area contributed by atoms with Gasteiger partial charge in [-0.2, -0.15) is 0 Å². The average molecular weight is 248 g/mol. The highest BCUT2D eigenvalue weighted by atomic mass is 28.2. The van der Waals surface area contributed by atoms with Crippen LogP contribution in [0.25, 0.3) is 6.08 Å². The van der Waals surface area contributed by atoms with E-state index in [2.05, 4.69) is 25.6 Å². The summed E-state index contributed by atoms with van der Waals surface area (Å²) in [4.78, 5) is 0. The lowest BCUT2D eigenvalue weighted by atomic mass is 10.1. The Bertz CT molecular complexity index is 339. The average Bonchev–Trinajstić information content (AvgIpc) is 2.37. The number of hydrogen-bond acceptors (Lipinski definition) is 2. The van der Waals surface area contributed by atoms with Crippen molar-refractivity contribution in [3.63, 3.8) is 0 Å². The van der Waals surface area contributed by atoms with Crippen LogP contribution in [0.2, 0.25) is 5.54 Å². The molecule has 0 bridgehead atoms. The van der Waals surface area contributed by atoms with Crippen molar-refractivity contribution < 1.29 is 9.16 Å². The van der Waals surface area contributed by atoms with Gasteiger partial charge in [-0.1, -0.05) is 43.8 Å². The van der Waals surface area contributed by atoms with Crippen LogP contribution in [0.1, 0.15) is 25.0 Å². The van der Waals surface area contributed by atoms with Crippen molar-refractivity contribution in [2.24, 2.45) is 0 Å². The Labute approximate surface area is 107 Å². The molecule has 17 heavy (non-hydrogen) atoms. The number of benzene rings is 1. The summed E-state index contributed by atoms with van der Waals surface area (Å²) in [5.41, 5.74) is 2.80. The van der Waals surface area contributed by atoms with Crippen LogP contribution in [0, 0.1) is 0 Å². The lowest BCUT2D eigenvalue weighted by Crippen LogP contribution is -2.11. The molecule has 0 spiro atoms. The Morgan fingerprint density at radius 2 is 2.18 bits per heavy atom. The van der Waals surface area contributed by atoms with Gasteiger partial charge in [0.1, 0.15) is 0 Å². The first kappa shape index (κ1) is 14.2. The van der Waals surface area contributed by atoms with Crippen LogP contribution >= 0.6 is 0 Å². The van der Waals surface area contributed by atoms with E-state index >= 15 is 0 Å². The first-order valence-corrected chi connectivity index (χ1v) is 6.91. The molecule has 0 N–H and O–H groups in total. The Hall–Kier alpha value is -0.903. The number of hydrogen-bond donors (Lipinski definition) is 0. The van der Waals surface area contributed by atoms with Gasteiger partial charge in [0.05, 0.1) is 6.61 Å². The second-order valence-electron chi connectivity index (χ2n) is 3.87. The van der Waals surface area contributed by atoms with Gasteiger partial charge >= 0.3 is 0 Å². The van der Waals surface area contributed by atoms with E-state index in [1.54, 1.807) is 0 Å². The molecule has 3 heteroatoms. The number of rotatable bonds is 8. The summed E-state index contributed by atoms with van der Waals surface area (Å²) in [6, 6.07) is 8.17. The molecule has 92 valence electrons. The molecule has 0 saturated carbocycles. The Balaban J connectivity index is 2.32. The Morgan fingerprint density at radius 3 is 2.88 bits per heavy atom. The maximum Gasteiger partial charge on any atom is 0.235 e. The second-order valence-corrected chi connectivity index (χ2v) is 5.38. The third-order valence-corrected chi connectivity index (χ3v) is 3.24. The predicted octanol–water partition coefficient (Wildman–Crippen LogP) is 3.31. The summed E-state index contributed by atoms with van der Waals surface area (Å²) in [5, 5.41) is 0. The third kappa shape index (κ3) is 5.30. The topological polar surface area (TPSA) is 18.5 Å². The SMILES string of the molecule is C=Cc1ccccc1CO[Si]C(C)COCC. The fraction of sp³-hybridized carbons (Fsp3) is 0.429. The van der Waals surface area contributed by atoms with Crippen molar-refractivity contribution in [2.75, 3.05) is 13.2 Å². The minimum absolute atomic E-state index is 0.464. The highest BCUT2D eigenvalue weighted by Crippen LogP contribution is 2.12. The second kappa shape index (κ2) is 8.23. The van der Waals surface area contributed by atoms with E-state index in [1.165, 1.54) is 5.56 Å². The summed E-state index contributed by atoms with van der Waals surface area (Å²) in [7, 11) is 0.480.